The summed E-state index contributed by atoms with van der Waals surface area (Å²) < 4.78 is 3.35. The van der Waals surface area contributed by atoms with Gasteiger partial charge >= 0.3 is 0 Å². The minimum Gasteiger partial charge on any atom is -0.393 e. The Morgan fingerprint density at radius 2 is 2.08 bits per heavy atom. The lowest BCUT2D eigenvalue weighted by molar-refractivity contribution is 0.0234. The fourth-order valence-electron chi connectivity index (χ4n) is 3.18. The molecule has 1 fully saturated rings. The number of carbonyl (C=O) groups excluding carboxylic acids is 1. The summed E-state index contributed by atoms with van der Waals surface area (Å²) in [5, 5.41) is 21.4. The van der Waals surface area contributed by atoms with Crippen molar-refractivity contribution in [1.82, 2.24) is 24.9 Å². The van der Waals surface area contributed by atoms with Gasteiger partial charge in [0.2, 0.25) is 0 Å². The van der Waals surface area contributed by atoms with E-state index in [1.807, 2.05) is 19.3 Å². The van der Waals surface area contributed by atoms with Crippen LogP contribution in [0.4, 0.5) is 0 Å². The molecule has 2 aromatic rings. The Morgan fingerprint density at radius 3 is 2.58 bits per heavy atom. The van der Waals surface area contributed by atoms with Crippen molar-refractivity contribution >= 4 is 5.91 Å². The molecule has 0 saturated heterocycles. The Kier molecular flexibility index (Phi) is 4.45. The second kappa shape index (κ2) is 6.39. The van der Waals surface area contributed by atoms with Gasteiger partial charge in [0.1, 0.15) is 5.69 Å². The van der Waals surface area contributed by atoms with Gasteiger partial charge in [-0.3, -0.25) is 14.2 Å². The van der Waals surface area contributed by atoms with E-state index in [2.05, 4.69) is 29.4 Å². The summed E-state index contributed by atoms with van der Waals surface area (Å²) in [5.41, 5.74) is 2.42. The van der Waals surface area contributed by atoms with Crippen LogP contribution in [0.1, 0.15) is 60.4 Å². The summed E-state index contributed by atoms with van der Waals surface area (Å²) >= 11 is 0. The molecular weight excluding hydrogens is 306 g/mol. The first-order valence-electron chi connectivity index (χ1n) is 8.36. The number of aliphatic hydroxyl groups is 1. The Hall–Kier alpha value is -2.15. The standard InChI is InChI=1S/C17H25N5O2/c1-10(2)14-7-15(22(4)20-14)17(24)19-16(11-5-13(23)6-11)12-8-18-21(3)9-12/h7-11,13,16,23H,5-6H2,1-4H3,(H,19,24)/t11?,13?,16-/m0/s1. The molecule has 3 rings (SSSR count). The van der Waals surface area contributed by atoms with Gasteiger partial charge < -0.3 is 10.4 Å². The molecule has 7 nitrogen and oxygen atoms in total. The maximum Gasteiger partial charge on any atom is 0.270 e. The summed E-state index contributed by atoms with van der Waals surface area (Å²) in [7, 11) is 3.64. The summed E-state index contributed by atoms with van der Waals surface area (Å²) in [6, 6.07) is 1.70. The third-order valence-corrected chi connectivity index (χ3v) is 4.71. The summed E-state index contributed by atoms with van der Waals surface area (Å²) in [4.78, 5) is 12.8. The van der Waals surface area contributed by atoms with E-state index in [-0.39, 0.29) is 29.9 Å². The van der Waals surface area contributed by atoms with Gasteiger partial charge in [-0.05, 0) is 30.7 Å². The lowest BCUT2D eigenvalue weighted by Crippen LogP contribution is -2.41. The number of rotatable bonds is 5. The molecule has 1 amide bonds. The molecule has 0 aromatic carbocycles. The fourth-order valence-corrected chi connectivity index (χ4v) is 3.18. The Balaban J connectivity index is 1.80. The second-order valence-electron chi connectivity index (χ2n) is 7.02. The molecule has 1 aliphatic carbocycles. The van der Waals surface area contributed by atoms with E-state index in [4.69, 9.17) is 0 Å². The SMILES string of the molecule is CC(C)c1cc(C(=O)N[C@H](c2cnn(C)c2)C2CC(O)C2)n(C)n1. The van der Waals surface area contributed by atoms with Crippen LogP contribution in [-0.4, -0.2) is 36.7 Å². The molecule has 0 bridgehead atoms. The van der Waals surface area contributed by atoms with Crippen LogP contribution in [0, 0.1) is 5.92 Å². The Bertz CT molecular complexity index is 727. The number of amides is 1. The average Bonchev–Trinajstić information content (AvgIpc) is 3.08. The van der Waals surface area contributed by atoms with Crippen LogP contribution >= 0.6 is 0 Å². The van der Waals surface area contributed by atoms with Gasteiger partial charge in [0.05, 0.1) is 24.0 Å². The molecule has 0 spiro atoms. The highest BCUT2D eigenvalue weighted by Gasteiger charge is 2.36. The predicted octanol–water partition coefficient (Wildman–Crippen LogP) is 1.52. The van der Waals surface area contributed by atoms with Gasteiger partial charge in [-0.2, -0.15) is 10.2 Å². The van der Waals surface area contributed by atoms with E-state index in [9.17, 15) is 9.90 Å². The number of aromatic nitrogens is 4. The van der Waals surface area contributed by atoms with Crippen molar-refractivity contribution in [3.8, 4) is 0 Å². The van der Waals surface area contributed by atoms with Gasteiger partial charge in [0.25, 0.3) is 5.91 Å². The fraction of sp³-hybridized carbons (Fsp3) is 0.588. The third kappa shape index (κ3) is 3.21. The van der Waals surface area contributed by atoms with Gasteiger partial charge in [-0.25, -0.2) is 0 Å². The van der Waals surface area contributed by atoms with Crippen molar-refractivity contribution in [1.29, 1.82) is 0 Å². The number of hydrogen-bond donors (Lipinski definition) is 2. The topological polar surface area (TPSA) is 85.0 Å². The zero-order chi connectivity index (χ0) is 17.4. The quantitative estimate of drug-likeness (QED) is 0.870. The van der Waals surface area contributed by atoms with Gasteiger partial charge in [0, 0.05) is 25.9 Å². The zero-order valence-electron chi connectivity index (χ0n) is 14.6. The average molecular weight is 331 g/mol. The predicted molar refractivity (Wildman–Crippen MR) is 89.4 cm³/mol. The van der Waals surface area contributed by atoms with E-state index in [0.29, 0.717) is 18.5 Å². The molecule has 1 saturated carbocycles. The number of nitrogens with one attached hydrogen (secondary N) is 1. The molecule has 7 heteroatoms. The first-order chi connectivity index (χ1) is 11.3. The van der Waals surface area contributed by atoms with Crippen molar-refractivity contribution < 1.29 is 9.90 Å². The number of carbonyl (C=O) groups is 1. The largest absolute Gasteiger partial charge is 0.393 e. The molecule has 0 unspecified atom stereocenters. The molecule has 1 aliphatic rings. The maximum atomic E-state index is 12.8. The van der Waals surface area contributed by atoms with Crippen molar-refractivity contribution in [3.63, 3.8) is 0 Å². The molecule has 130 valence electrons. The smallest absolute Gasteiger partial charge is 0.270 e. The summed E-state index contributed by atoms with van der Waals surface area (Å²) in [5.74, 6) is 0.353. The molecule has 24 heavy (non-hydrogen) atoms. The normalized spacial score (nSPS) is 21.6. The molecular formula is C17H25N5O2. The number of nitrogens with zero attached hydrogens (tertiary/aromatic N) is 4. The molecule has 2 aromatic heterocycles. The van der Waals surface area contributed by atoms with Gasteiger partial charge in [0.15, 0.2) is 0 Å². The lowest BCUT2D eigenvalue weighted by Gasteiger charge is -2.37. The van der Waals surface area contributed by atoms with Crippen molar-refractivity contribution in [2.75, 3.05) is 0 Å². The summed E-state index contributed by atoms with van der Waals surface area (Å²) in [6.45, 7) is 4.11. The van der Waals surface area contributed by atoms with Crippen LogP contribution in [-0.2, 0) is 14.1 Å². The van der Waals surface area contributed by atoms with E-state index >= 15 is 0 Å². The minimum absolute atomic E-state index is 0.146. The van der Waals surface area contributed by atoms with E-state index in [1.165, 1.54) is 0 Å². The van der Waals surface area contributed by atoms with Crippen LogP contribution < -0.4 is 5.32 Å². The van der Waals surface area contributed by atoms with Crippen LogP contribution in [0.15, 0.2) is 18.5 Å². The Labute approximate surface area is 141 Å². The monoisotopic (exact) mass is 331 g/mol. The molecule has 0 radical (unpaired) electrons. The van der Waals surface area contributed by atoms with Gasteiger partial charge in [-0.1, -0.05) is 13.8 Å². The number of hydrogen-bond acceptors (Lipinski definition) is 4. The highest BCUT2D eigenvalue weighted by Crippen LogP contribution is 2.38. The first kappa shape index (κ1) is 16.7. The van der Waals surface area contributed by atoms with Crippen LogP contribution in [0.5, 0.6) is 0 Å². The highest BCUT2D eigenvalue weighted by molar-refractivity contribution is 5.93. The highest BCUT2D eigenvalue weighted by atomic mass is 16.3. The lowest BCUT2D eigenvalue weighted by atomic mass is 9.75. The molecule has 1 atom stereocenters. The van der Waals surface area contributed by atoms with Crippen LogP contribution in [0.25, 0.3) is 0 Å². The first-order valence-corrected chi connectivity index (χ1v) is 8.36. The van der Waals surface area contributed by atoms with Crippen LogP contribution in [0.2, 0.25) is 0 Å². The van der Waals surface area contributed by atoms with Crippen LogP contribution in [0.3, 0.4) is 0 Å². The third-order valence-electron chi connectivity index (χ3n) is 4.71. The van der Waals surface area contributed by atoms with E-state index < -0.39 is 0 Å². The Morgan fingerprint density at radius 1 is 1.38 bits per heavy atom. The maximum absolute atomic E-state index is 12.8. The molecule has 2 N–H and O–H groups in total. The van der Waals surface area contributed by atoms with Crippen molar-refractivity contribution in [2.24, 2.45) is 20.0 Å². The summed E-state index contributed by atoms with van der Waals surface area (Å²) in [6.07, 6.45) is 4.82. The minimum atomic E-state index is -0.268. The van der Waals surface area contributed by atoms with Crippen molar-refractivity contribution in [2.45, 2.75) is 44.8 Å². The van der Waals surface area contributed by atoms with Crippen molar-refractivity contribution in [3.05, 3.63) is 35.4 Å². The second-order valence-corrected chi connectivity index (χ2v) is 7.02. The zero-order valence-corrected chi connectivity index (χ0v) is 14.6. The molecule has 0 aliphatic heterocycles. The van der Waals surface area contributed by atoms with Gasteiger partial charge in [-0.15, -0.1) is 0 Å². The number of aliphatic hydroxyl groups excluding tert-OH is 1. The number of aryl methyl sites for hydroxylation is 2. The molecule has 2 heterocycles. The van der Waals surface area contributed by atoms with E-state index in [0.717, 1.165) is 11.3 Å². The van der Waals surface area contributed by atoms with E-state index in [1.54, 1.807) is 22.6 Å².